The average molecular weight is 450 g/mol. The van der Waals surface area contributed by atoms with E-state index in [1.54, 1.807) is 25.1 Å². The van der Waals surface area contributed by atoms with Crippen molar-refractivity contribution in [3.63, 3.8) is 0 Å². The highest BCUT2D eigenvalue weighted by Gasteiger charge is 2.17. The van der Waals surface area contributed by atoms with Gasteiger partial charge >= 0.3 is 0 Å². The lowest BCUT2D eigenvalue weighted by atomic mass is 10.1. The number of benzene rings is 2. The summed E-state index contributed by atoms with van der Waals surface area (Å²) in [5.74, 6) is -1.07. The summed E-state index contributed by atoms with van der Waals surface area (Å²) in [4.78, 5) is 29.9. The molecule has 1 fully saturated rings. The SMILES string of the molecule is Cc1cc(=O)c(C(=O)NCc2cccc(CN3CCN(C)CC3)c2)nn1-c1ccccc1F. The molecule has 2 heterocycles. The summed E-state index contributed by atoms with van der Waals surface area (Å²) in [6.45, 7) is 6.96. The monoisotopic (exact) mass is 449 g/mol. The first-order valence-electron chi connectivity index (χ1n) is 11.0. The topological polar surface area (TPSA) is 70.5 Å². The molecule has 0 aliphatic carbocycles. The lowest BCUT2D eigenvalue weighted by molar-refractivity contribution is 0.0943. The molecule has 4 rings (SSSR count). The minimum absolute atomic E-state index is 0.181. The Morgan fingerprint density at radius 1 is 1.03 bits per heavy atom. The Balaban J connectivity index is 1.45. The zero-order valence-corrected chi connectivity index (χ0v) is 18.9. The zero-order chi connectivity index (χ0) is 23.4. The molecule has 2 aromatic carbocycles. The van der Waals surface area contributed by atoms with E-state index in [0.717, 1.165) is 38.3 Å². The van der Waals surface area contributed by atoms with Gasteiger partial charge < -0.3 is 10.2 Å². The fourth-order valence-corrected chi connectivity index (χ4v) is 3.94. The molecule has 1 N–H and O–H groups in total. The highest BCUT2D eigenvalue weighted by Crippen LogP contribution is 2.14. The Morgan fingerprint density at radius 2 is 1.76 bits per heavy atom. The van der Waals surface area contributed by atoms with Gasteiger partial charge in [0.05, 0.1) is 0 Å². The molecule has 0 radical (unpaired) electrons. The second kappa shape index (κ2) is 10.1. The van der Waals surface area contributed by atoms with Crippen molar-refractivity contribution < 1.29 is 9.18 Å². The van der Waals surface area contributed by atoms with E-state index < -0.39 is 17.2 Å². The average Bonchev–Trinajstić information content (AvgIpc) is 2.80. The van der Waals surface area contributed by atoms with Crippen molar-refractivity contribution in [3.05, 3.63) is 93.2 Å². The van der Waals surface area contributed by atoms with E-state index in [2.05, 4.69) is 39.4 Å². The van der Waals surface area contributed by atoms with E-state index >= 15 is 0 Å². The van der Waals surface area contributed by atoms with Crippen molar-refractivity contribution in [2.45, 2.75) is 20.0 Å². The number of amides is 1. The van der Waals surface area contributed by atoms with Gasteiger partial charge in [0.15, 0.2) is 5.69 Å². The molecule has 0 bridgehead atoms. The molecule has 0 spiro atoms. The minimum Gasteiger partial charge on any atom is -0.346 e. The molecule has 3 aromatic rings. The number of halogens is 1. The fourth-order valence-electron chi connectivity index (χ4n) is 3.94. The van der Waals surface area contributed by atoms with Crippen LogP contribution in [0.2, 0.25) is 0 Å². The van der Waals surface area contributed by atoms with Crippen LogP contribution in [0.4, 0.5) is 4.39 Å². The third kappa shape index (κ3) is 5.53. The van der Waals surface area contributed by atoms with E-state index in [9.17, 15) is 14.0 Å². The molecule has 1 amide bonds. The van der Waals surface area contributed by atoms with Crippen LogP contribution < -0.4 is 10.7 Å². The third-order valence-corrected chi connectivity index (χ3v) is 5.85. The molecule has 8 heteroatoms. The second-order valence-electron chi connectivity index (χ2n) is 8.44. The van der Waals surface area contributed by atoms with Crippen LogP contribution in [0.1, 0.15) is 27.3 Å². The molecular weight excluding hydrogens is 421 g/mol. The normalized spacial score (nSPS) is 14.9. The van der Waals surface area contributed by atoms with Gasteiger partial charge in [-0.3, -0.25) is 14.5 Å². The molecule has 1 aliphatic rings. The van der Waals surface area contributed by atoms with Gasteiger partial charge in [-0.1, -0.05) is 36.4 Å². The Kier molecular flexibility index (Phi) is 6.96. The van der Waals surface area contributed by atoms with Gasteiger partial charge in [-0.25, -0.2) is 9.07 Å². The number of piperazine rings is 1. The lowest BCUT2D eigenvalue weighted by Gasteiger charge is -2.32. The molecule has 1 aromatic heterocycles. The highest BCUT2D eigenvalue weighted by atomic mass is 19.1. The van der Waals surface area contributed by atoms with Crippen molar-refractivity contribution in [3.8, 4) is 5.69 Å². The predicted octanol–water partition coefficient (Wildman–Crippen LogP) is 2.36. The zero-order valence-electron chi connectivity index (χ0n) is 18.9. The van der Waals surface area contributed by atoms with Crippen molar-refractivity contribution in [2.24, 2.45) is 0 Å². The minimum atomic E-state index is -0.588. The summed E-state index contributed by atoms with van der Waals surface area (Å²) < 4.78 is 15.5. The number of aryl methyl sites for hydroxylation is 1. The first kappa shape index (κ1) is 22.8. The summed E-state index contributed by atoms with van der Waals surface area (Å²) in [6, 6.07) is 15.5. The highest BCUT2D eigenvalue weighted by molar-refractivity contribution is 5.92. The van der Waals surface area contributed by atoms with Crippen molar-refractivity contribution in [1.29, 1.82) is 0 Å². The van der Waals surface area contributed by atoms with Crippen LogP contribution in [0.15, 0.2) is 59.4 Å². The van der Waals surface area contributed by atoms with Crippen LogP contribution in [0.25, 0.3) is 5.69 Å². The van der Waals surface area contributed by atoms with Crippen LogP contribution in [-0.2, 0) is 13.1 Å². The molecule has 1 aliphatic heterocycles. The Morgan fingerprint density at radius 3 is 2.52 bits per heavy atom. The Bertz CT molecular complexity index is 1200. The number of likely N-dealkylation sites (N-methyl/N-ethyl adjacent to an activating group) is 1. The fraction of sp³-hybridized carbons (Fsp3) is 0.320. The van der Waals surface area contributed by atoms with Crippen molar-refractivity contribution >= 4 is 5.91 Å². The maximum atomic E-state index is 14.2. The number of hydrogen-bond donors (Lipinski definition) is 1. The predicted molar refractivity (Wildman–Crippen MR) is 125 cm³/mol. The lowest BCUT2D eigenvalue weighted by Crippen LogP contribution is -2.43. The smallest absolute Gasteiger partial charge is 0.276 e. The number of hydrogen-bond acceptors (Lipinski definition) is 5. The van der Waals surface area contributed by atoms with Gasteiger partial charge in [0.25, 0.3) is 5.91 Å². The Hall–Kier alpha value is -3.36. The molecule has 0 atom stereocenters. The molecule has 7 nitrogen and oxygen atoms in total. The quantitative estimate of drug-likeness (QED) is 0.626. The number of aromatic nitrogens is 2. The van der Waals surface area contributed by atoms with Gasteiger partial charge in [-0.15, -0.1) is 0 Å². The van der Waals surface area contributed by atoms with Crippen LogP contribution in [0.5, 0.6) is 0 Å². The standard InChI is InChI=1S/C25H28FN5O2/c1-18-14-23(32)24(28-31(18)22-9-4-3-8-21(22)26)25(33)27-16-19-6-5-7-20(15-19)17-30-12-10-29(2)11-13-30/h3-9,14-15H,10-13,16-17H2,1-2H3,(H,27,33). The first-order chi connectivity index (χ1) is 15.9. The molecule has 1 saturated heterocycles. The summed E-state index contributed by atoms with van der Waals surface area (Å²) in [7, 11) is 2.13. The molecule has 0 saturated carbocycles. The van der Waals surface area contributed by atoms with Crippen LogP contribution in [0, 0.1) is 12.7 Å². The number of rotatable bonds is 6. The number of para-hydroxylation sites is 1. The summed E-state index contributed by atoms with van der Waals surface area (Å²) in [5.41, 5.74) is 1.98. The van der Waals surface area contributed by atoms with E-state index in [4.69, 9.17) is 0 Å². The molecule has 0 unspecified atom stereocenters. The van der Waals surface area contributed by atoms with Crippen molar-refractivity contribution in [1.82, 2.24) is 24.9 Å². The first-order valence-corrected chi connectivity index (χ1v) is 11.0. The molecular formula is C25H28FN5O2. The number of nitrogens with one attached hydrogen (secondary N) is 1. The second-order valence-corrected chi connectivity index (χ2v) is 8.44. The summed E-state index contributed by atoms with van der Waals surface area (Å²) in [5, 5.41) is 6.93. The van der Waals surface area contributed by atoms with E-state index in [-0.39, 0.29) is 17.9 Å². The van der Waals surface area contributed by atoms with Crippen LogP contribution in [0.3, 0.4) is 0 Å². The van der Waals surface area contributed by atoms with E-state index in [0.29, 0.717) is 5.69 Å². The van der Waals surface area contributed by atoms with Crippen LogP contribution >= 0.6 is 0 Å². The van der Waals surface area contributed by atoms with Gasteiger partial charge in [-0.2, -0.15) is 5.10 Å². The third-order valence-electron chi connectivity index (χ3n) is 5.85. The summed E-state index contributed by atoms with van der Waals surface area (Å²) in [6.07, 6.45) is 0. The van der Waals surface area contributed by atoms with Gasteiger partial charge in [0.2, 0.25) is 5.43 Å². The maximum absolute atomic E-state index is 14.2. The number of nitrogens with zero attached hydrogens (tertiary/aromatic N) is 4. The number of carbonyl (C=O) groups is 1. The van der Waals surface area contributed by atoms with E-state index in [1.807, 2.05) is 12.1 Å². The van der Waals surface area contributed by atoms with Crippen molar-refractivity contribution in [2.75, 3.05) is 33.2 Å². The molecule has 33 heavy (non-hydrogen) atoms. The summed E-state index contributed by atoms with van der Waals surface area (Å²) >= 11 is 0. The maximum Gasteiger partial charge on any atom is 0.276 e. The van der Waals surface area contributed by atoms with Gasteiger partial charge in [0.1, 0.15) is 11.5 Å². The van der Waals surface area contributed by atoms with Gasteiger partial charge in [0, 0.05) is 51.0 Å². The Labute approximate surface area is 192 Å². The van der Waals surface area contributed by atoms with Crippen LogP contribution in [-0.4, -0.2) is 58.7 Å². The number of carbonyl (C=O) groups excluding carboxylic acids is 1. The van der Waals surface area contributed by atoms with E-state index in [1.165, 1.54) is 22.4 Å². The van der Waals surface area contributed by atoms with Gasteiger partial charge in [-0.05, 0) is 37.2 Å². The molecule has 172 valence electrons. The largest absolute Gasteiger partial charge is 0.346 e.